The van der Waals surface area contributed by atoms with E-state index in [4.69, 9.17) is 11.6 Å². The number of carbonyl (C=O) groups is 1. The molecule has 0 bridgehead atoms. The second-order valence-electron chi connectivity index (χ2n) is 6.44. The van der Waals surface area contributed by atoms with Gasteiger partial charge in [-0.25, -0.2) is 4.98 Å². The van der Waals surface area contributed by atoms with Gasteiger partial charge in [0.25, 0.3) is 0 Å². The Morgan fingerprint density at radius 3 is 2.39 bits per heavy atom. The fraction of sp³-hybridized carbons (Fsp3) is 0.333. The van der Waals surface area contributed by atoms with Gasteiger partial charge in [0, 0.05) is 17.0 Å². The molecular weight excluding hydrogens is 310 g/mol. The molecule has 0 aliphatic carbocycles. The minimum Gasteiger partial charge on any atom is -0.383 e. The van der Waals surface area contributed by atoms with Crippen molar-refractivity contribution >= 4 is 29.0 Å². The van der Waals surface area contributed by atoms with Crippen LogP contribution in [0.3, 0.4) is 0 Å². The van der Waals surface area contributed by atoms with E-state index in [0.29, 0.717) is 5.82 Å². The number of nitrogens with one attached hydrogen (secondary N) is 2. The summed E-state index contributed by atoms with van der Waals surface area (Å²) in [6.07, 6.45) is 2.62. The maximum atomic E-state index is 11.9. The maximum Gasteiger partial charge on any atom is 0.230 e. The number of carbonyl (C=O) groups excluding carboxylic acids is 1. The number of nitrogens with zero attached hydrogens (tertiary/aromatic N) is 1. The Morgan fingerprint density at radius 1 is 1.13 bits per heavy atom. The molecule has 0 aliphatic rings. The molecule has 2 rings (SSSR count). The van der Waals surface area contributed by atoms with Gasteiger partial charge in [-0.1, -0.05) is 44.5 Å². The molecule has 0 saturated carbocycles. The zero-order valence-corrected chi connectivity index (χ0v) is 14.4. The predicted octanol–water partition coefficient (Wildman–Crippen LogP) is 4.37. The summed E-state index contributed by atoms with van der Waals surface area (Å²) in [5, 5.41) is 6.87. The highest BCUT2D eigenvalue weighted by Crippen LogP contribution is 2.17. The standard InChI is InChI=1S/C18H22ClN3O/c1-18(2,3)17(23)22-16-9-8-15(12-21-16)20-11-10-13-4-6-14(19)7-5-13/h4-9,12,20H,10-11H2,1-3H3,(H,21,22,23). The van der Waals surface area contributed by atoms with Gasteiger partial charge in [0.05, 0.1) is 11.9 Å². The van der Waals surface area contributed by atoms with Gasteiger partial charge in [0.1, 0.15) is 5.82 Å². The lowest BCUT2D eigenvalue weighted by atomic mass is 9.96. The van der Waals surface area contributed by atoms with E-state index in [-0.39, 0.29) is 5.91 Å². The van der Waals surface area contributed by atoms with Gasteiger partial charge in [0.2, 0.25) is 5.91 Å². The molecule has 122 valence electrons. The molecule has 23 heavy (non-hydrogen) atoms. The maximum absolute atomic E-state index is 11.9. The third kappa shape index (κ3) is 5.57. The van der Waals surface area contributed by atoms with Gasteiger partial charge >= 0.3 is 0 Å². The topological polar surface area (TPSA) is 54.0 Å². The second-order valence-corrected chi connectivity index (χ2v) is 6.88. The smallest absolute Gasteiger partial charge is 0.230 e. The molecule has 2 N–H and O–H groups in total. The van der Waals surface area contributed by atoms with Crippen LogP contribution in [0.25, 0.3) is 0 Å². The number of hydrogen-bond donors (Lipinski definition) is 2. The van der Waals surface area contributed by atoms with Crippen molar-refractivity contribution in [1.82, 2.24) is 4.98 Å². The van der Waals surface area contributed by atoms with E-state index in [9.17, 15) is 4.79 Å². The van der Waals surface area contributed by atoms with Crippen LogP contribution >= 0.6 is 11.6 Å². The number of aromatic nitrogens is 1. The predicted molar refractivity (Wildman–Crippen MR) is 96.0 cm³/mol. The summed E-state index contributed by atoms with van der Waals surface area (Å²) in [7, 11) is 0. The highest BCUT2D eigenvalue weighted by molar-refractivity contribution is 6.30. The Labute approximate surface area is 142 Å². The monoisotopic (exact) mass is 331 g/mol. The zero-order chi connectivity index (χ0) is 16.9. The number of rotatable bonds is 5. The van der Waals surface area contributed by atoms with E-state index in [1.165, 1.54) is 5.56 Å². The first-order chi connectivity index (χ1) is 10.8. The van der Waals surface area contributed by atoms with Gasteiger partial charge in [-0.3, -0.25) is 4.79 Å². The normalized spacial score (nSPS) is 11.1. The Bertz CT molecular complexity index is 645. The summed E-state index contributed by atoms with van der Waals surface area (Å²) < 4.78 is 0. The molecule has 2 aromatic rings. The largest absolute Gasteiger partial charge is 0.383 e. The summed E-state index contributed by atoms with van der Waals surface area (Å²) >= 11 is 5.87. The molecule has 0 saturated heterocycles. The van der Waals surface area contributed by atoms with Crippen LogP contribution < -0.4 is 10.6 Å². The average Bonchev–Trinajstić information content (AvgIpc) is 2.50. The Balaban J connectivity index is 1.83. The molecule has 1 heterocycles. The lowest BCUT2D eigenvalue weighted by Crippen LogP contribution is -2.27. The van der Waals surface area contributed by atoms with Gasteiger partial charge in [-0.2, -0.15) is 0 Å². The molecule has 0 fully saturated rings. The first kappa shape index (κ1) is 17.3. The van der Waals surface area contributed by atoms with Gasteiger partial charge in [0.15, 0.2) is 0 Å². The molecule has 1 aromatic heterocycles. The van der Waals surface area contributed by atoms with Crippen molar-refractivity contribution in [3.8, 4) is 0 Å². The van der Waals surface area contributed by atoms with Crippen LogP contribution in [-0.2, 0) is 11.2 Å². The van der Waals surface area contributed by atoms with E-state index in [2.05, 4.69) is 15.6 Å². The lowest BCUT2D eigenvalue weighted by molar-refractivity contribution is -0.123. The van der Waals surface area contributed by atoms with E-state index >= 15 is 0 Å². The first-order valence-corrected chi connectivity index (χ1v) is 7.98. The SMILES string of the molecule is CC(C)(C)C(=O)Nc1ccc(NCCc2ccc(Cl)cc2)cn1. The molecule has 1 amide bonds. The minimum atomic E-state index is -0.433. The third-order valence-electron chi connectivity index (χ3n) is 3.34. The van der Waals surface area contributed by atoms with Crippen molar-refractivity contribution in [2.24, 2.45) is 5.41 Å². The first-order valence-electron chi connectivity index (χ1n) is 7.60. The molecule has 0 atom stereocenters. The van der Waals surface area contributed by atoms with Crippen LogP contribution in [0.5, 0.6) is 0 Å². The Morgan fingerprint density at radius 2 is 1.83 bits per heavy atom. The summed E-state index contributed by atoms with van der Waals surface area (Å²) in [6.45, 7) is 6.41. The van der Waals surface area contributed by atoms with Crippen molar-refractivity contribution in [1.29, 1.82) is 0 Å². The van der Waals surface area contributed by atoms with Crippen molar-refractivity contribution in [3.63, 3.8) is 0 Å². The van der Waals surface area contributed by atoms with Crippen LogP contribution in [0.15, 0.2) is 42.6 Å². The van der Waals surface area contributed by atoms with E-state index < -0.39 is 5.41 Å². The average molecular weight is 332 g/mol. The molecule has 0 radical (unpaired) electrons. The molecular formula is C18H22ClN3O. The fourth-order valence-electron chi connectivity index (χ4n) is 1.88. The molecule has 0 aliphatic heterocycles. The van der Waals surface area contributed by atoms with Crippen molar-refractivity contribution < 1.29 is 4.79 Å². The van der Waals surface area contributed by atoms with E-state index in [0.717, 1.165) is 23.7 Å². The van der Waals surface area contributed by atoms with Crippen LogP contribution in [-0.4, -0.2) is 17.4 Å². The number of pyridine rings is 1. The van der Waals surface area contributed by atoms with Gasteiger partial charge in [-0.05, 0) is 36.2 Å². The Hall–Kier alpha value is -2.07. The quantitative estimate of drug-likeness (QED) is 0.855. The number of anilines is 2. The highest BCUT2D eigenvalue weighted by atomic mass is 35.5. The van der Waals surface area contributed by atoms with E-state index in [1.807, 2.05) is 51.1 Å². The zero-order valence-electron chi connectivity index (χ0n) is 13.7. The van der Waals surface area contributed by atoms with Gasteiger partial charge < -0.3 is 10.6 Å². The summed E-state index contributed by atoms with van der Waals surface area (Å²) in [5.74, 6) is 0.515. The molecule has 0 spiro atoms. The van der Waals surface area contributed by atoms with Crippen LogP contribution in [0.4, 0.5) is 11.5 Å². The van der Waals surface area contributed by atoms with Crippen molar-refractivity contribution in [3.05, 3.63) is 53.2 Å². The number of benzene rings is 1. The minimum absolute atomic E-state index is 0.0477. The van der Waals surface area contributed by atoms with E-state index in [1.54, 1.807) is 12.3 Å². The van der Waals surface area contributed by atoms with Gasteiger partial charge in [-0.15, -0.1) is 0 Å². The highest BCUT2D eigenvalue weighted by Gasteiger charge is 2.21. The Kier molecular flexibility index (Phi) is 5.61. The fourth-order valence-corrected chi connectivity index (χ4v) is 2.00. The molecule has 0 unspecified atom stereocenters. The third-order valence-corrected chi connectivity index (χ3v) is 3.59. The molecule has 1 aromatic carbocycles. The summed E-state index contributed by atoms with van der Waals surface area (Å²) in [4.78, 5) is 16.2. The van der Waals surface area contributed by atoms with Crippen molar-refractivity contribution in [2.45, 2.75) is 27.2 Å². The summed E-state index contributed by atoms with van der Waals surface area (Å²) in [6, 6.07) is 11.5. The molecule has 4 nitrogen and oxygen atoms in total. The second kappa shape index (κ2) is 7.47. The van der Waals surface area contributed by atoms with Crippen LogP contribution in [0, 0.1) is 5.41 Å². The number of amides is 1. The molecule has 5 heteroatoms. The summed E-state index contributed by atoms with van der Waals surface area (Å²) in [5.41, 5.74) is 1.72. The van der Waals surface area contributed by atoms with Crippen molar-refractivity contribution in [2.75, 3.05) is 17.2 Å². The van der Waals surface area contributed by atoms with Crippen LogP contribution in [0.2, 0.25) is 5.02 Å². The van der Waals surface area contributed by atoms with Crippen LogP contribution in [0.1, 0.15) is 26.3 Å². The lowest BCUT2D eigenvalue weighted by Gasteiger charge is -2.17. The number of halogens is 1. The number of hydrogen-bond acceptors (Lipinski definition) is 3.